The standard InChI is InChI=1S/C17H20ClNOS/c1-13(2)19(12-16-4-3-11-21-16)10-9-17(20)14-5-7-15(18)8-6-14/h3-8,11,13H,9-10,12H2,1-2H3. The van der Waals surface area contributed by atoms with Crippen molar-refractivity contribution in [2.24, 2.45) is 0 Å². The molecule has 0 atom stereocenters. The van der Waals surface area contributed by atoms with Crippen LogP contribution in [0.3, 0.4) is 0 Å². The summed E-state index contributed by atoms with van der Waals surface area (Å²) in [7, 11) is 0. The van der Waals surface area contributed by atoms with E-state index in [0.717, 1.165) is 18.7 Å². The molecule has 0 fully saturated rings. The van der Waals surface area contributed by atoms with Gasteiger partial charge in [-0.2, -0.15) is 0 Å². The predicted molar refractivity (Wildman–Crippen MR) is 90.3 cm³/mol. The van der Waals surface area contributed by atoms with Crippen LogP contribution in [0.2, 0.25) is 5.02 Å². The Bertz CT molecular complexity index is 563. The van der Waals surface area contributed by atoms with E-state index < -0.39 is 0 Å². The lowest BCUT2D eigenvalue weighted by Gasteiger charge is -2.25. The fraction of sp³-hybridized carbons (Fsp3) is 0.353. The third-order valence-corrected chi connectivity index (χ3v) is 4.57. The van der Waals surface area contributed by atoms with Crippen LogP contribution >= 0.6 is 22.9 Å². The van der Waals surface area contributed by atoms with Crippen LogP contribution in [0.5, 0.6) is 0 Å². The van der Waals surface area contributed by atoms with Crippen LogP contribution in [0.15, 0.2) is 41.8 Å². The van der Waals surface area contributed by atoms with E-state index in [9.17, 15) is 4.79 Å². The second kappa shape index (κ2) is 7.74. The first-order chi connectivity index (χ1) is 10.1. The molecule has 21 heavy (non-hydrogen) atoms. The number of Topliss-reactive ketones (excluding diaryl/α,β-unsaturated/α-hetero) is 1. The molecular formula is C17H20ClNOS. The first-order valence-corrected chi connectivity index (χ1v) is 8.37. The van der Waals surface area contributed by atoms with Gasteiger partial charge in [0.1, 0.15) is 0 Å². The summed E-state index contributed by atoms with van der Waals surface area (Å²) in [5, 5.41) is 2.75. The Balaban J connectivity index is 1.92. The highest BCUT2D eigenvalue weighted by atomic mass is 35.5. The Morgan fingerprint density at radius 2 is 1.95 bits per heavy atom. The summed E-state index contributed by atoms with van der Waals surface area (Å²) in [5.41, 5.74) is 0.735. The third kappa shape index (κ3) is 4.95. The van der Waals surface area contributed by atoms with Crippen molar-refractivity contribution in [3.05, 3.63) is 57.2 Å². The topological polar surface area (TPSA) is 20.3 Å². The van der Waals surface area contributed by atoms with Crippen LogP contribution < -0.4 is 0 Å². The first-order valence-electron chi connectivity index (χ1n) is 7.11. The lowest BCUT2D eigenvalue weighted by Crippen LogP contribution is -2.32. The van der Waals surface area contributed by atoms with Crippen molar-refractivity contribution in [3.8, 4) is 0 Å². The minimum Gasteiger partial charge on any atom is -0.295 e. The van der Waals surface area contributed by atoms with E-state index in [1.165, 1.54) is 4.88 Å². The minimum absolute atomic E-state index is 0.170. The van der Waals surface area contributed by atoms with Crippen LogP contribution in [0, 0.1) is 0 Å². The number of rotatable bonds is 7. The zero-order chi connectivity index (χ0) is 15.2. The highest BCUT2D eigenvalue weighted by Gasteiger charge is 2.13. The van der Waals surface area contributed by atoms with Gasteiger partial charge in [-0.1, -0.05) is 17.7 Å². The Kier molecular flexibility index (Phi) is 5.97. The summed E-state index contributed by atoms with van der Waals surface area (Å²) < 4.78 is 0. The first kappa shape index (κ1) is 16.2. The summed E-state index contributed by atoms with van der Waals surface area (Å²) in [4.78, 5) is 15.9. The molecule has 1 aromatic carbocycles. The van der Waals surface area contributed by atoms with Crippen LogP contribution in [-0.4, -0.2) is 23.3 Å². The van der Waals surface area contributed by atoms with Gasteiger partial charge in [-0.25, -0.2) is 0 Å². The Morgan fingerprint density at radius 3 is 2.52 bits per heavy atom. The maximum atomic E-state index is 12.2. The smallest absolute Gasteiger partial charge is 0.164 e. The number of hydrogen-bond donors (Lipinski definition) is 0. The highest BCUT2D eigenvalue weighted by molar-refractivity contribution is 7.09. The second-order valence-electron chi connectivity index (χ2n) is 5.32. The molecule has 0 spiro atoms. The number of halogens is 1. The van der Waals surface area contributed by atoms with E-state index in [2.05, 4.69) is 36.3 Å². The summed E-state index contributed by atoms with van der Waals surface area (Å²) in [6.45, 7) is 6.01. The van der Waals surface area contributed by atoms with E-state index in [1.54, 1.807) is 35.6 Å². The average molecular weight is 322 g/mol. The monoisotopic (exact) mass is 321 g/mol. The van der Waals surface area contributed by atoms with E-state index in [0.29, 0.717) is 17.5 Å². The molecule has 0 saturated carbocycles. The Hall–Kier alpha value is -1.16. The summed E-state index contributed by atoms with van der Waals surface area (Å²) in [6, 6.07) is 11.7. The molecule has 4 heteroatoms. The maximum absolute atomic E-state index is 12.2. The zero-order valence-electron chi connectivity index (χ0n) is 12.4. The van der Waals surface area contributed by atoms with Crippen LogP contribution in [0.1, 0.15) is 35.5 Å². The van der Waals surface area contributed by atoms with Crippen LogP contribution in [0.4, 0.5) is 0 Å². The van der Waals surface area contributed by atoms with E-state index >= 15 is 0 Å². The summed E-state index contributed by atoms with van der Waals surface area (Å²) in [5.74, 6) is 0.170. The third-order valence-electron chi connectivity index (χ3n) is 3.46. The molecule has 0 amide bonds. The van der Waals surface area contributed by atoms with Crippen molar-refractivity contribution in [1.29, 1.82) is 0 Å². The van der Waals surface area contributed by atoms with E-state index in [4.69, 9.17) is 11.6 Å². The summed E-state index contributed by atoms with van der Waals surface area (Å²) >= 11 is 7.61. The lowest BCUT2D eigenvalue weighted by atomic mass is 10.1. The van der Waals surface area contributed by atoms with Gasteiger partial charge in [0.15, 0.2) is 5.78 Å². The van der Waals surface area contributed by atoms with Gasteiger partial charge in [0, 0.05) is 41.0 Å². The number of ketones is 1. The number of benzene rings is 1. The largest absolute Gasteiger partial charge is 0.295 e. The van der Waals surface area contributed by atoms with Crippen molar-refractivity contribution in [1.82, 2.24) is 4.90 Å². The van der Waals surface area contributed by atoms with Gasteiger partial charge < -0.3 is 0 Å². The van der Waals surface area contributed by atoms with Crippen molar-refractivity contribution in [3.63, 3.8) is 0 Å². The summed E-state index contributed by atoms with van der Waals surface area (Å²) in [6.07, 6.45) is 0.533. The molecule has 0 unspecified atom stereocenters. The fourth-order valence-electron chi connectivity index (χ4n) is 2.15. The number of thiophene rings is 1. The number of hydrogen-bond acceptors (Lipinski definition) is 3. The maximum Gasteiger partial charge on any atom is 0.164 e. The number of carbonyl (C=O) groups excluding carboxylic acids is 1. The van der Waals surface area contributed by atoms with Gasteiger partial charge in [0.05, 0.1) is 0 Å². The quantitative estimate of drug-likeness (QED) is 0.677. The van der Waals surface area contributed by atoms with Crippen LogP contribution in [-0.2, 0) is 6.54 Å². The SMILES string of the molecule is CC(C)N(CCC(=O)c1ccc(Cl)cc1)Cc1cccs1. The molecule has 0 N–H and O–H groups in total. The molecule has 2 nitrogen and oxygen atoms in total. The Morgan fingerprint density at radius 1 is 1.24 bits per heavy atom. The molecule has 0 radical (unpaired) electrons. The minimum atomic E-state index is 0.170. The number of carbonyl (C=O) groups is 1. The molecule has 0 saturated heterocycles. The van der Waals surface area contributed by atoms with E-state index in [-0.39, 0.29) is 5.78 Å². The molecule has 2 rings (SSSR count). The molecular weight excluding hydrogens is 302 g/mol. The van der Waals surface area contributed by atoms with Gasteiger partial charge in [-0.3, -0.25) is 9.69 Å². The number of nitrogens with zero attached hydrogens (tertiary/aromatic N) is 1. The molecule has 112 valence electrons. The van der Waals surface area contributed by atoms with Gasteiger partial charge in [-0.15, -0.1) is 11.3 Å². The lowest BCUT2D eigenvalue weighted by molar-refractivity contribution is 0.0953. The normalized spacial score (nSPS) is 11.3. The molecule has 0 bridgehead atoms. The van der Waals surface area contributed by atoms with Crippen molar-refractivity contribution in [2.45, 2.75) is 32.9 Å². The Labute approximate surface area is 135 Å². The van der Waals surface area contributed by atoms with Crippen molar-refractivity contribution >= 4 is 28.7 Å². The predicted octanol–water partition coefficient (Wildman–Crippen LogP) is 4.88. The molecule has 1 aromatic heterocycles. The molecule has 0 aliphatic heterocycles. The zero-order valence-corrected chi connectivity index (χ0v) is 14.0. The molecule has 1 heterocycles. The van der Waals surface area contributed by atoms with Gasteiger partial charge in [0.2, 0.25) is 0 Å². The van der Waals surface area contributed by atoms with Gasteiger partial charge in [-0.05, 0) is 49.6 Å². The van der Waals surface area contributed by atoms with Gasteiger partial charge in [0.25, 0.3) is 0 Å². The van der Waals surface area contributed by atoms with Gasteiger partial charge >= 0.3 is 0 Å². The van der Waals surface area contributed by atoms with Crippen molar-refractivity contribution in [2.75, 3.05) is 6.54 Å². The van der Waals surface area contributed by atoms with Crippen LogP contribution in [0.25, 0.3) is 0 Å². The molecule has 0 aliphatic carbocycles. The van der Waals surface area contributed by atoms with Crippen molar-refractivity contribution < 1.29 is 4.79 Å². The van der Waals surface area contributed by atoms with E-state index in [1.807, 2.05) is 0 Å². The molecule has 2 aromatic rings. The fourth-order valence-corrected chi connectivity index (χ4v) is 3.00. The highest BCUT2D eigenvalue weighted by Crippen LogP contribution is 2.16. The average Bonchev–Trinajstić information content (AvgIpc) is 2.96. The molecule has 0 aliphatic rings. The second-order valence-corrected chi connectivity index (χ2v) is 6.79.